The van der Waals surface area contributed by atoms with Gasteiger partial charge in [0.05, 0.1) is 11.4 Å². The van der Waals surface area contributed by atoms with Crippen LogP contribution in [0.4, 0.5) is 52.7 Å². The average molecular weight is 615 g/mol. The second-order valence-corrected chi connectivity index (χ2v) is 8.62. The Bertz CT molecular complexity index is 1450. The van der Waals surface area contributed by atoms with E-state index in [-0.39, 0.29) is 45.1 Å². The molecule has 4 aromatic heterocycles. The van der Waals surface area contributed by atoms with Gasteiger partial charge in [-0.05, 0) is 57.7 Å². The molecule has 4 rings (SSSR count). The zero-order valence-corrected chi connectivity index (χ0v) is 22.1. The second kappa shape index (κ2) is 11.7. The molecule has 0 aliphatic carbocycles. The number of aryl methyl sites for hydroxylation is 4. The molecule has 1 radical (unpaired) electrons. The molecule has 0 amide bonds. The number of nitrogens with zero attached hydrogens (tertiary/aromatic N) is 7. The summed E-state index contributed by atoms with van der Waals surface area (Å²) in [6, 6.07) is 2.57. The predicted molar refractivity (Wildman–Crippen MR) is 116 cm³/mol. The van der Waals surface area contributed by atoms with Crippen molar-refractivity contribution in [2.75, 3.05) is 0 Å². The molecule has 8 nitrogen and oxygen atoms in total. The first-order chi connectivity index (χ1) is 18.5. The first kappa shape index (κ1) is 34.9. The minimum absolute atomic E-state index is 0. The van der Waals surface area contributed by atoms with Crippen LogP contribution in [0.25, 0.3) is 0 Å². The second-order valence-electron chi connectivity index (χ2n) is 8.62. The van der Waals surface area contributed by atoms with Crippen molar-refractivity contribution in [3.8, 4) is 0 Å². The molecule has 0 aliphatic rings. The summed E-state index contributed by atoms with van der Waals surface area (Å²) in [4.78, 5) is 0. The van der Waals surface area contributed by atoms with Gasteiger partial charge in [0.15, 0.2) is 11.4 Å². The summed E-state index contributed by atoms with van der Waals surface area (Å²) in [5.41, 5.74) is -5.74. The normalized spacial score (nSPS) is 12.8. The maximum Gasteiger partial charge on any atom is 1.00 e. The summed E-state index contributed by atoms with van der Waals surface area (Å²) in [7, 11) is -2.26. The van der Waals surface area contributed by atoms with E-state index in [0.29, 0.717) is 28.5 Å². The van der Waals surface area contributed by atoms with Gasteiger partial charge in [-0.1, -0.05) is 0 Å². The molecule has 42 heavy (non-hydrogen) atoms. The molecule has 0 atom stereocenters. The Balaban J connectivity index is 0.000000475. The summed E-state index contributed by atoms with van der Waals surface area (Å²) in [6.45, 7) is 4.88. The number of hydrogen-bond donors (Lipinski definition) is 1. The van der Waals surface area contributed by atoms with Gasteiger partial charge in [-0.3, -0.25) is 5.10 Å². The molecule has 0 bridgehead atoms. The van der Waals surface area contributed by atoms with Gasteiger partial charge in [-0.15, -0.1) is 0 Å². The van der Waals surface area contributed by atoms with Crippen LogP contribution in [0.1, 0.15) is 45.6 Å². The fourth-order valence-corrected chi connectivity index (χ4v) is 3.54. The minimum atomic E-state index is -5.08. The van der Waals surface area contributed by atoms with E-state index in [2.05, 4.69) is 25.5 Å². The first-order valence-corrected chi connectivity index (χ1v) is 11.0. The van der Waals surface area contributed by atoms with Crippen LogP contribution in [0.15, 0.2) is 24.3 Å². The van der Waals surface area contributed by atoms with Crippen LogP contribution in [0.3, 0.4) is 0 Å². The zero-order valence-electron chi connectivity index (χ0n) is 22.1. The van der Waals surface area contributed by atoms with E-state index in [1.807, 2.05) is 0 Å². The van der Waals surface area contributed by atoms with Gasteiger partial charge in [0, 0.05) is 5.69 Å². The Labute approximate surface area is 240 Å². The van der Waals surface area contributed by atoms with Gasteiger partial charge < -0.3 is 13.8 Å². The van der Waals surface area contributed by atoms with Crippen molar-refractivity contribution < 1.29 is 71.5 Å². The molecule has 4 aromatic rings. The van der Waals surface area contributed by atoms with Crippen molar-refractivity contribution in [3.63, 3.8) is 0 Å². The number of rotatable bonds is 3. The van der Waals surface area contributed by atoms with Gasteiger partial charge >= 0.3 is 43.6 Å². The maximum absolute atomic E-state index is 13.6. The summed E-state index contributed by atoms with van der Waals surface area (Å²) in [5, 5.41) is 15.7. The molecule has 0 spiro atoms. The molecule has 0 fully saturated rings. The van der Waals surface area contributed by atoms with Crippen molar-refractivity contribution in [2.45, 2.75) is 52.4 Å². The van der Waals surface area contributed by atoms with Gasteiger partial charge in [-0.25, -0.2) is 15.3 Å². The summed E-state index contributed by atoms with van der Waals surface area (Å²) in [5.74, 6) is 0. The molecule has 0 unspecified atom stereocenters. The average Bonchev–Trinajstić information content (AvgIpc) is 3.55. The van der Waals surface area contributed by atoms with Crippen LogP contribution in [0, 0.1) is 27.7 Å². The van der Waals surface area contributed by atoms with E-state index >= 15 is 0 Å². The number of halogens is 12. The Morgan fingerprint density at radius 2 is 1.00 bits per heavy atom. The van der Waals surface area contributed by atoms with Crippen LogP contribution in [0.5, 0.6) is 0 Å². The number of hydrogen-bond acceptors (Lipinski definition) is 4. The Morgan fingerprint density at radius 3 is 1.29 bits per heavy atom. The van der Waals surface area contributed by atoms with E-state index in [1.165, 1.54) is 6.92 Å². The van der Waals surface area contributed by atoms with Crippen LogP contribution in [-0.2, 0) is 24.7 Å². The Kier molecular flexibility index (Phi) is 9.75. The van der Waals surface area contributed by atoms with E-state index < -0.39 is 54.6 Å². The molecule has 0 aromatic carbocycles. The van der Waals surface area contributed by atoms with Gasteiger partial charge in [0.1, 0.15) is 11.4 Å². The molecule has 225 valence electrons. The maximum atomic E-state index is 13.6. The SMILES string of the molecule is Cc1cc(C(F)(F)F)n([B-](n2nc(C(F)(F)F)cc2C)n2nc(C)cc2C(F)(F)F)n1.Cc1cc(C(F)(F)F)n[nH]1.[Li+]. The standard InChI is InChI=1S/C15H12BF9N6.C5H5F3N2.Li/c1-7-4-11(14(20,21)22)30(26-7)16(29-9(3)6-10(28-29)13(17,18)19)31-12(15(23,24)25)5-8(2)27-31;1-3-2-4(10-9-3)5(6,7)8;/h4-6H,1-3H3;2H,1H3,(H,9,10);/q-1;;+1. The molecule has 1 N–H and O–H groups in total. The molecular formula is C20H17BF12LiN8. The van der Waals surface area contributed by atoms with Crippen molar-refractivity contribution in [1.29, 1.82) is 0 Å². The summed E-state index contributed by atoms with van der Waals surface area (Å²) in [6.07, 6.45) is -19.5. The quantitative estimate of drug-likeness (QED) is 0.284. The van der Waals surface area contributed by atoms with Crippen molar-refractivity contribution in [2.24, 2.45) is 0 Å². The third-order valence-corrected chi connectivity index (χ3v) is 5.16. The molecule has 0 saturated carbocycles. The fourth-order valence-electron chi connectivity index (χ4n) is 3.54. The van der Waals surface area contributed by atoms with Crippen molar-refractivity contribution in [3.05, 3.63) is 69.8 Å². The minimum Gasteiger partial charge on any atom is -0.422 e. The Hall–Kier alpha value is -3.34. The van der Waals surface area contributed by atoms with Crippen LogP contribution < -0.4 is 18.9 Å². The topological polar surface area (TPSA) is 82.1 Å². The van der Waals surface area contributed by atoms with Gasteiger partial charge in [0.2, 0.25) is 0 Å². The predicted octanol–water partition coefficient (Wildman–Crippen LogP) is 2.93. The molecule has 0 saturated heterocycles. The third-order valence-electron chi connectivity index (χ3n) is 5.16. The smallest absolute Gasteiger partial charge is 0.422 e. The fraction of sp³-hybridized carbons (Fsp3) is 0.400. The number of H-pyrrole nitrogens is 1. The number of nitrogens with one attached hydrogen (secondary N) is 1. The van der Waals surface area contributed by atoms with E-state index in [1.54, 1.807) is 0 Å². The largest absolute Gasteiger partial charge is 1.00 e. The van der Waals surface area contributed by atoms with Crippen molar-refractivity contribution >= 4 is 7.12 Å². The number of aromatic amines is 1. The third kappa shape index (κ3) is 7.73. The molecule has 22 heteroatoms. The molecular weight excluding hydrogens is 598 g/mol. The zero-order chi connectivity index (χ0) is 31.3. The van der Waals surface area contributed by atoms with E-state index in [4.69, 9.17) is 0 Å². The van der Waals surface area contributed by atoms with Crippen molar-refractivity contribution in [1.82, 2.24) is 39.3 Å². The van der Waals surface area contributed by atoms with Crippen LogP contribution in [-0.4, -0.2) is 46.4 Å². The van der Waals surface area contributed by atoms with Gasteiger partial charge in [0.25, 0.3) is 7.12 Å². The number of aromatic nitrogens is 8. The van der Waals surface area contributed by atoms with E-state index in [9.17, 15) is 52.7 Å². The first-order valence-electron chi connectivity index (χ1n) is 11.0. The van der Waals surface area contributed by atoms with Crippen LogP contribution >= 0.6 is 0 Å². The summed E-state index contributed by atoms with van der Waals surface area (Å²) >= 11 is 0. The van der Waals surface area contributed by atoms with E-state index in [0.717, 1.165) is 26.8 Å². The van der Waals surface area contributed by atoms with Crippen LogP contribution in [0.2, 0.25) is 0 Å². The number of alkyl halides is 12. The molecule has 4 heterocycles. The monoisotopic (exact) mass is 615 g/mol. The Morgan fingerprint density at radius 1 is 0.571 bits per heavy atom. The van der Waals surface area contributed by atoms with Gasteiger partial charge in [-0.2, -0.15) is 57.8 Å². The summed E-state index contributed by atoms with van der Waals surface area (Å²) < 4.78 is 157. The molecule has 0 aliphatic heterocycles.